The molecule has 0 aromatic heterocycles. The molecule has 1 aromatic carbocycles. The van der Waals surface area contributed by atoms with Gasteiger partial charge in [0.1, 0.15) is 11.6 Å². The van der Waals surface area contributed by atoms with Crippen LogP contribution >= 0.6 is 0 Å². The van der Waals surface area contributed by atoms with Crippen molar-refractivity contribution in [3.05, 3.63) is 33.4 Å². The van der Waals surface area contributed by atoms with Crippen LogP contribution in [0.3, 0.4) is 0 Å². The van der Waals surface area contributed by atoms with Gasteiger partial charge in [-0.3, -0.25) is 14.9 Å². The average molecular weight is 333 g/mol. The fraction of sp³-hybridized carbons (Fsp3) is 0.333. The lowest BCUT2D eigenvalue weighted by Gasteiger charge is -2.05. The first-order valence-electron chi connectivity index (χ1n) is 7.03. The van der Waals surface area contributed by atoms with Gasteiger partial charge in [0.2, 0.25) is 6.79 Å². The third-order valence-electron chi connectivity index (χ3n) is 3.19. The molecular weight excluding hydrogens is 318 g/mol. The number of carbonyl (C=O) groups is 1. The maximum Gasteiger partial charge on any atom is 0.280 e. The first-order valence-corrected chi connectivity index (χ1v) is 7.03. The van der Waals surface area contributed by atoms with Crippen molar-refractivity contribution in [2.45, 2.75) is 6.42 Å². The van der Waals surface area contributed by atoms with E-state index in [2.05, 4.69) is 5.32 Å². The molecule has 2 rings (SSSR count). The van der Waals surface area contributed by atoms with E-state index >= 15 is 0 Å². The van der Waals surface area contributed by atoms with E-state index in [1.807, 2.05) is 0 Å². The summed E-state index contributed by atoms with van der Waals surface area (Å²) in [6, 6.07) is 4.33. The normalized spacial score (nSPS) is 12.6. The fourth-order valence-corrected chi connectivity index (χ4v) is 2.04. The second kappa shape index (κ2) is 7.94. The highest BCUT2D eigenvalue weighted by atomic mass is 16.7. The molecule has 9 nitrogen and oxygen atoms in total. The minimum Gasteiger partial charge on any atom is -0.454 e. The van der Waals surface area contributed by atoms with Gasteiger partial charge in [0.05, 0.1) is 16.6 Å². The van der Waals surface area contributed by atoms with E-state index in [0.29, 0.717) is 25.3 Å². The monoisotopic (exact) mass is 333 g/mol. The minimum atomic E-state index is -0.612. The van der Waals surface area contributed by atoms with Gasteiger partial charge in [-0.1, -0.05) is 0 Å². The van der Waals surface area contributed by atoms with E-state index in [1.165, 1.54) is 12.1 Å². The summed E-state index contributed by atoms with van der Waals surface area (Å²) in [7, 11) is 1.54. The highest BCUT2D eigenvalue weighted by Crippen LogP contribution is 2.38. The Morgan fingerprint density at radius 1 is 1.50 bits per heavy atom. The number of amides is 1. The summed E-state index contributed by atoms with van der Waals surface area (Å²) in [5, 5.41) is 22.9. The van der Waals surface area contributed by atoms with Crippen molar-refractivity contribution in [2.75, 3.05) is 27.1 Å². The zero-order valence-corrected chi connectivity index (χ0v) is 12.9. The Kier molecular flexibility index (Phi) is 5.70. The number of nitrogens with zero attached hydrogens (tertiary/aromatic N) is 2. The number of fused-ring (bicyclic) bond motifs is 1. The van der Waals surface area contributed by atoms with Crippen LogP contribution in [0.25, 0.3) is 6.08 Å². The van der Waals surface area contributed by atoms with E-state index in [4.69, 9.17) is 19.5 Å². The number of carbonyl (C=O) groups excluding carboxylic acids is 1. The summed E-state index contributed by atoms with van der Waals surface area (Å²) in [4.78, 5) is 22.6. The standard InChI is InChI=1S/C15H15N3O6/c1-22-4-2-3-17-15(19)11(8-16)5-10-6-13-14(24-9-23-13)7-12(10)18(20)21/h5-7H,2-4,9H2,1H3,(H,17,19)/b11-5+. The molecule has 1 N–H and O–H groups in total. The van der Waals surface area contributed by atoms with Crippen LogP contribution in [0.15, 0.2) is 17.7 Å². The third kappa shape index (κ3) is 3.99. The number of ether oxygens (including phenoxy) is 3. The van der Waals surface area contributed by atoms with E-state index in [-0.39, 0.29) is 29.4 Å². The second-order valence-electron chi connectivity index (χ2n) is 4.79. The Balaban J connectivity index is 2.25. The van der Waals surface area contributed by atoms with E-state index in [1.54, 1.807) is 13.2 Å². The van der Waals surface area contributed by atoms with Gasteiger partial charge in [0.15, 0.2) is 11.5 Å². The largest absolute Gasteiger partial charge is 0.454 e. The summed E-state index contributed by atoms with van der Waals surface area (Å²) < 4.78 is 15.1. The van der Waals surface area contributed by atoms with Crippen LogP contribution in [0.4, 0.5) is 5.69 Å². The van der Waals surface area contributed by atoms with Crippen LogP contribution in [0, 0.1) is 21.4 Å². The molecule has 1 heterocycles. The Labute approximate surface area is 137 Å². The zero-order valence-electron chi connectivity index (χ0n) is 12.9. The quantitative estimate of drug-likeness (QED) is 0.263. The maximum absolute atomic E-state index is 12.0. The lowest BCUT2D eigenvalue weighted by Crippen LogP contribution is -2.26. The highest BCUT2D eigenvalue weighted by Gasteiger charge is 2.23. The van der Waals surface area contributed by atoms with Crippen molar-refractivity contribution in [2.24, 2.45) is 0 Å². The summed E-state index contributed by atoms with van der Waals surface area (Å²) in [5.74, 6) is -0.0356. The SMILES string of the molecule is COCCCNC(=O)/C(C#N)=C/c1cc2c(cc1[N+](=O)[O-])OCO2. The molecule has 0 unspecified atom stereocenters. The average Bonchev–Trinajstić information content (AvgIpc) is 3.02. The number of nitrogens with one attached hydrogen (secondary N) is 1. The first-order chi connectivity index (χ1) is 11.6. The first kappa shape index (κ1) is 17.2. The van der Waals surface area contributed by atoms with E-state index in [0.717, 1.165) is 6.08 Å². The molecule has 0 saturated heterocycles. The van der Waals surface area contributed by atoms with Crippen LogP contribution in [0.1, 0.15) is 12.0 Å². The van der Waals surface area contributed by atoms with Gasteiger partial charge in [-0.25, -0.2) is 0 Å². The maximum atomic E-state index is 12.0. The number of hydrogen-bond donors (Lipinski definition) is 1. The molecule has 126 valence electrons. The van der Waals surface area contributed by atoms with Crippen molar-refractivity contribution in [1.82, 2.24) is 5.32 Å². The summed E-state index contributed by atoms with van der Waals surface area (Å²) in [6.07, 6.45) is 1.75. The molecule has 9 heteroatoms. The molecule has 0 bridgehead atoms. The van der Waals surface area contributed by atoms with Crippen LogP contribution in [-0.2, 0) is 9.53 Å². The lowest BCUT2D eigenvalue weighted by atomic mass is 10.1. The van der Waals surface area contributed by atoms with Gasteiger partial charge in [-0.15, -0.1) is 0 Å². The molecule has 1 aliphatic rings. The van der Waals surface area contributed by atoms with Crippen LogP contribution in [0.5, 0.6) is 11.5 Å². The molecule has 0 saturated carbocycles. The second-order valence-corrected chi connectivity index (χ2v) is 4.79. The fourth-order valence-electron chi connectivity index (χ4n) is 2.04. The molecule has 0 atom stereocenters. The predicted octanol–water partition coefficient (Wildman–Crippen LogP) is 1.38. The smallest absolute Gasteiger partial charge is 0.280 e. The van der Waals surface area contributed by atoms with Gasteiger partial charge >= 0.3 is 0 Å². The Bertz CT molecular complexity index is 723. The lowest BCUT2D eigenvalue weighted by molar-refractivity contribution is -0.385. The van der Waals surface area contributed by atoms with Crippen molar-refractivity contribution < 1.29 is 23.9 Å². The number of rotatable bonds is 7. The third-order valence-corrected chi connectivity index (χ3v) is 3.19. The molecule has 1 aromatic rings. The topological polar surface area (TPSA) is 124 Å². The molecule has 0 spiro atoms. The van der Waals surface area contributed by atoms with Gasteiger partial charge in [0, 0.05) is 20.3 Å². The number of benzene rings is 1. The van der Waals surface area contributed by atoms with E-state index < -0.39 is 10.8 Å². The Morgan fingerprint density at radius 2 is 2.21 bits per heavy atom. The van der Waals surface area contributed by atoms with Crippen molar-refractivity contribution in [3.8, 4) is 17.6 Å². The number of nitriles is 1. The van der Waals surface area contributed by atoms with E-state index in [9.17, 15) is 14.9 Å². The number of hydrogen-bond acceptors (Lipinski definition) is 7. The number of nitro benzene ring substituents is 1. The van der Waals surface area contributed by atoms with Crippen molar-refractivity contribution >= 4 is 17.7 Å². The van der Waals surface area contributed by atoms with Gasteiger partial charge in [-0.05, 0) is 18.6 Å². The van der Waals surface area contributed by atoms with Gasteiger partial charge in [0.25, 0.3) is 11.6 Å². The van der Waals surface area contributed by atoms with Gasteiger partial charge < -0.3 is 19.5 Å². The zero-order chi connectivity index (χ0) is 17.5. The van der Waals surface area contributed by atoms with Crippen molar-refractivity contribution in [3.63, 3.8) is 0 Å². The highest BCUT2D eigenvalue weighted by molar-refractivity contribution is 6.02. The van der Waals surface area contributed by atoms with Crippen molar-refractivity contribution in [1.29, 1.82) is 5.26 Å². The summed E-state index contributed by atoms with van der Waals surface area (Å²) in [6.45, 7) is 0.763. The number of methoxy groups -OCH3 is 1. The predicted molar refractivity (Wildman–Crippen MR) is 82.3 cm³/mol. The molecule has 1 amide bonds. The summed E-state index contributed by atoms with van der Waals surface area (Å²) in [5.41, 5.74) is -0.429. The minimum absolute atomic E-state index is 0.0370. The van der Waals surface area contributed by atoms with Crippen LogP contribution in [-0.4, -0.2) is 37.9 Å². The molecule has 0 aliphatic carbocycles. The van der Waals surface area contributed by atoms with Gasteiger partial charge in [-0.2, -0.15) is 5.26 Å². The van der Waals surface area contributed by atoms with Crippen LogP contribution < -0.4 is 14.8 Å². The molecule has 24 heavy (non-hydrogen) atoms. The molecular formula is C15H15N3O6. The Hall–Kier alpha value is -3.12. The molecule has 0 fully saturated rings. The van der Waals surface area contributed by atoms with Crippen LogP contribution in [0.2, 0.25) is 0 Å². The number of nitro groups is 1. The molecule has 0 radical (unpaired) electrons. The summed E-state index contributed by atoms with van der Waals surface area (Å²) >= 11 is 0. The Morgan fingerprint density at radius 3 is 2.83 bits per heavy atom. The molecule has 1 aliphatic heterocycles.